The minimum atomic E-state index is 0.561. The van der Waals surface area contributed by atoms with E-state index in [2.05, 4.69) is 53.0 Å². The molecule has 0 aromatic heterocycles. The van der Waals surface area contributed by atoms with Gasteiger partial charge in [0.25, 0.3) is 0 Å². The quantitative estimate of drug-likeness (QED) is 0.688. The maximum absolute atomic E-state index is 5.89. The van der Waals surface area contributed by atoms with Crippen LogP contribution in [0.4, 0.5) is 5.69 Å². The third kappa shape index (κ3) is 3.21. The summed E-state index contributed by atoms with van der Waals surface area (Å²) in [4.78, 5) is 2.43. The molecule has 1 nitrogen and oxygen atoms in total. The number of halogens is 2. The summed E-state index contributed by atoms with van der Waals surface area (Å²) in [5.41, 5.74) is 2.45. The van der Waals surface area contributed by atoms with Crippen LogP contribution in [0.5, 0.6) is 0 Å². The average molecular weight is 331 g/mol. The third-order valence-electron chi connectivity index (χ3n) is 4.12. The minimum absolute atomic E-state index is 0.561. The molecule has 0 N–H and O–H groups in total. The largest absolute Gasteiger partial charge is 0.372 e. The van der Waals surface area contributed by atoms with Crippen molar-refractivity contribution in [2.45, 2.75) is 44.5 Å². The van der Waals surface area contributed by atoms with E-state index in [1.807, 2.05) is 0 Å². The lowest BCUT2D eigenvalue weighted by Gasteiger charge is -2.35. The van der Waals surface area contributed by atoms with Gasteiger partial charge in [-0.2, -0.15) is 0 Å². The Hall–Kier alpha value is -0.210. The molecular weight excluding hydrogens is 310 g/mol. The first kappa shape index (κ1) is 14.2. The molecule has 3 heteroatoms. The summed E-state index contributed by atoms with van der Waals surface area (Å²) in [5, 5.41) is 0. The molecule has 0 heterocycles. The maximum atomic E-state index is 5.89. The molecule has 1 aliphatic carbocycles. The molecule has 0 spiro atoms. The second kappa shape index (κ2) is 6.29. The second-order valence-electron chi connectivity index (χ2n) is 5.43. The smallest absolute Gasteiger partial charge is 0.0485 e. The van der Waals surface area contributed by atoms with Crippen molar-refractivity contribution in [2.24, 2.45) is 5.92 Å². The predicted octanol–water partition coefficient (Wildman–Crippen LogP) is 5.20. The van der Waals surface area contributed by atoms with Crippen LogP contribution in [0.25, 0.3) is 0 Å². The summed E-state index contributed by atoms with van der Waals surface area (Å²) >= 11 is 9.48. The Morgan fingerprint density at radius 1 is 1.28 bits per heavy atom. The van der Waals surface area contributed by atoms with Gasteiger partial charge in [0.1, 0.15) is 0 Å². The van der Waals surface area contributed by atoms with Gasteiger partial charge in [0.15, 0.2) is 0 Å². The van der Waals surface area contributed by atoms with Gasteiger partial charge in [0.2, 0.25) is 0 Å². The van der Waals surface area contributed by atoms with Gasteiger partial charge in [-0.1, -0.05) is 28.9 Å². The summed E-state index contributed by atoms with van der Waals surface area (Å²) in [7, 11) is 2.21. The number of anilines is 1. The van der Waals surface area contributed by atoms with Crippen molar-refractivity contribution in [3.63, 3.8) is 0 Å². The number of rotatable bonds is 3. The third-order valence-corrected chi connectivity index (χ3v) is 5.15. The van der Waals surface area contributed by atoms with Gasteiger partial charge >= 0.3 is 0 Å². The van der Waals surface area contributed by atoms with Gasteiger partial charge in [-0.25, -0.2) is 0 Å². The molecule has 0 atom stereocenters. The summed E-state index contributed by atoms with van der Waals surface area (Å²) in [6, 6.07) is 7.18. The highest BCUT2D eigenvalue weighted by atomic mass is 79.9. The van der Waals surface area contributed by atoms with E-state index in [-0.39, 0.29) is 0 Å². The van der Waals surface area contributed by atoms with Gasteiger partial charge < -0.3 is 4.90 Å². The van der Waals surface area contributed by atoms with Gasteiger partial charge in [-0.15, -0.1) is 11.6 Å². The molecule has 0 bridgehead atoms. The highest BCUT2D eigenvalue weighted by molar-refractivity contribution is 9.10. The van der Waals surface area contributed by atoms with Crippen molar-refractivity contribution in [2.75, 3.05) is 11.9 Å². The molecule has 1 saturated carbocycles. The van der Waals surface area contributed by atoms with E-state index < -0.39 is 0 Å². The van der Waals surface area contributed by atoms with Gasteiger partial charge in [0.05, 0.1) is 0 Å². The van der Waals surface area contributed by atoms with Gasteiger partial charge in [-0.05, 0) is 49.3 Å². The van der Waals surface area contributed by atoms with Crippen LogP contribution in [0.1, 0.15) is 38.2 Å². The number of hydrogen-bond acceptors (Lipinski definition) is 1. The SMILES string of the molecule is CC1CCC(N(C)c2ccc(CCl)c(Br)c2)CC1. The Kier molecular flexibility index (Phi) is 4.97. The van der Waals surface area contributed by atoms with Crippen LogP contribution >= 0.6 is 27.5 Å². The first-order chi connectivity index (χ1) is 8.61. The summed E-state index contributed by atoms with van der Waals surface area (Å²) in [5.74, 6) is 1.46. The molecule has 0 amide bonds. The van der Waals surface area contributed by atoms with Crippen molar-refractivity contribution in [3.8, 4) is 0 Å². The maximum Gasteiger partial charge on any atom is 0.0485 e. The summed E-state index contributed by atoms with van der Waals surface area (Å²) < 4.78 is 1.12. The molecule has 1 aliphatic rings. The van der Waals surface area contributed by atoms with Crippen molar-refractivity contribution in [1.82, 2.24) is 0 Å². The summed E-state index contributed by atoms with van der Waals surface area (Å²) in [6.45, 7) is 2.36. The van der Waals surface area contributed by atoms with Crippen molar-refractivity contribution >= 4 is 33.2 Å². The predicted molar refractivity (Wildman–Crippen MR) is 83.5 cm³/mol. The van der Waals surface area contributed by atoms with Crippen LogP contribution in [0.15, 0.2) is 22.7 Å². The molecule has 100 valence electrons. The van der Waals surface area contributed by atoms with E-state index in [0.717, 1.165) is 16.0 Å². The van der Waals surface area contributed by atoms with E-state index in [4.69, 9.17) is 11.6 Å². The fourth-order valence-corrected chi connectivity index (χ4v) is 3.61. The Bertz CT molecular complexity index is 399. The van der Waals surface area contributed by atoms with Crippen LogP contribution in [-0.4, -0.2) is 13.1 Å². The van der Waals surface area contributed by atoms with Crippen LogP contribution < -0.4 is 4.90 Å². The molecule has 0 aliphatic heterocycles. The van der Waals surface area contributed by atoms with Gasteiger partial charge in [0, 0.05) is 29.1 Å². The van der Waals surface area contributed by atoms with Crippen LogP contribution in [0.3, 0.4) is 0 Å². The number of alkyl halides is 1. The minimum Gasteiger partial charge on any atom is -0.372 e. The Labute approximate surface area is 124 Å². The van der Waals surface area contributed by atoms with Crippen molar-refractivity contribution in [3.05, 3.63) is 28.2 Å². The first-order valence-corrected chi connectivity index (χ1v) is 8.01. The lowest BCUT2D eigenvalue weighted by atomic mass is 9.86. The molecule has 0 unspecified atom stereocenters. The van der Waals surface area contributed by atoms with Crippen LogP contribution in [0, 0.1) is 5.92 Å². The van der Waals surface area contributed by atoms with Crippen LogP contribution in [0.2, 0.25) is 0 Å². The first-order valence-electron chi connectivity index (χ1n) is 6.69. The molecule has 0 radical (unpaired) electrons. The molecular formula is C15H21BrClN. The van der Waals surface area contributed by atoms with Crippen molar-refractivity contribution < 1.29 is 0 Å². The zero-order chi connectivity index (χ0) is 13.1. The standard InChI is InChI=1S/C15H21BrClN/c1-11-3-6-13(7-4-11)18(2)14-8-5-12(10-17)15(16)9-14/h5,8-9,11,13H,3-4,6-7,10H2,1-2H3. The van der Waals surface area contributed by atoms with Crippen LogP contribution in [-0.2, 0) is 5.88 Å². The number of hydrogen-bond donors (Lipinski definition) is 0. The molecule has 1 fully saturated rings. The lowest BCUT2D eigenvalue weighted by Crippen LogP contribution is -2.34. The zero-order valence-electron chi connectivity index (χ0n) is 11.1. The van der Waals surface area contributed by atoms with E-state index in [0.29, 0.717) is 11.9 Å². The van der Waals surface area contributed by atoms with E-state index in [1.54, 1.807) is 0 Å². The highest BCUT2D eigenvalue weighted by Crippen LogP contribution is 2.31. The Balaban J connectivity index is 2.08. The molecule has 1 aromatic carbocycles. The second-order valence-corrected chi connectivity index (χ2v) is 6.56. The Morgan fingerprint density at radius 3 is 2.50 bits per heavy atom. The zero-order valence-corrected chi connectivity index (χ0v) is 13.5. The molecule has 18 heavy (non-hydrogen) atoms. The highest BCUT2D eigenvalue weighted by Gasteiger charge is 2.22. The molecule has 0 saturated heterocycles. The average Bonchev–Trinajstić information content (AvgIpc) is 2.38. The topological polar surface area (TPSA) is 3.24 Å². The molecule has 2 rings (SSSR count). The fraction of sp³-hybridized carbons (Fsp3) is 0.600. The Morgan fingerprint density at radius 2 is 1.94 bits per heavy atom. The summed E-state index contributed by atoms with van der Waals surface area (Å²) in [6.07, 6.45) is 5.34. The van der Waals surface area contributed by atoms with E-state index >= 15 is 0 Å². The van der Waals surface area contributed by atoms with Crippen molar-refractivity contribution in [1.29, 1.82) is 0 Å². The van der Waals surface area contributed by atoms with E-state index in [9.17, 15) is 0 Å². The fourth-order valence-electron chi connectivity index (χ4n) is 2.70. The molecule has 1 aromatic rings. The monoisotopic (exact) mass is 329 g/mol. The van der Waals surface area contributed by atoms with Gasteiger partial charge in [-0.3, -0.25) is 0 Å². The normalized spacial score (nSPS) is 24.0. The number of benzene rings is 1. The number of nitrogens with zero attached hydrogens (tertiary/aromatic N) is 1. The lowest BCUT2D eigenvalue weighted by molar-refractivity contribution is 0.341. The van der Waals surface area contributed by atoms with E-state index in [1.165, 1.54) is 31.4 Å².